The van der Waals surface area contributed by atoms with E-state index in [1.54, 1.807) is 14.2 Å². The summed E-state index contributed by atoms with van der Waals surface area (Å²) < 4.78 is 10.6. The van der Waals surface area contributed by atoms with E-state index in [-0.39, 0.29) is 23.7 Å². The van der Waals surface area contributed by atoms with E-state index in [0.717, 1.165) is 29.3 Å². The minimum absolute atomic E-state index is 0.0215. The van der Waals surface area contributed by atoms with E-state index < -0.39 is 0 Å². The van der Waals surface area contributed by atoms with E-state index in [2.05, 4.69) is 10.3 Å². The molecule has 0 saturated carbocycles. The number of methoxy groups -OCH3 is 2. The van der Waals surface area contributed by atoms with Gasteiger partial charge in [-0.3, -0.25) is 9.59 Å². The molecule has 1 aliphatic rings. The largest absolute Gasteiger partial charge is 0.497 e. The maximum Gasteiger partial charge on any atom is 0.270 e. The lowest BCUT2D eigenvalue weighted by Crippen LogP contribution is -2.42. The highest BCUT2D eigenvalue weighted by atomic mass is 16.5. The van der Waals surface area contributed by atoms with E-state index in [0.29, 0.717) is 36.8 Å². The van der Waals surface area contributed by atoms with Gasteiger partial charge in [-0.2, -0.15) is 0 Å². The van der Waals surface area contributed by atoms with Crippen LogP contribution in [0.5, 0.6) is 11.5 Å². The lowest BCUT2D eigenvalue weighted by atomic mass is 9.84. The number of H-pyrrole nitrogens is 1. The third kappa shape index (κ3) is 4.97. The molecule has 2 N–H and O–H groups in total. The molecule has 2 aromatic carbocycles. The predicted octanol–water partition coefficient (Wildman–Crippen LogP) is 3.99. The first-order valence-corrected chi connectivity index (χ1v) is 11.4. The van der Waals surface area contributed by atoms with Crippen molar-refractivity contribution in [3.8, 4) is 11.5 Å². The van der Waals surface area contributed by atoms with Crippen LogP contribution in [0.4, 0.5) is 0 Å². The first kappa shape index (κ1) is 22.7. The fourth-order valence-electron chi connectivity index (χ4n) is 4.52. The number of amides is 2. The Hall–Kier alpha value is -3.48. The maximum atomic E-state index is 12.9. The average molecular weight is 450 g/mol. The fraction of sp³-hybridized carbons (Fsp3) is 0.385. The standard InChI is InChI=1S/C26H31N3O4/c1-17(25(30)27-16-20-8-9-21(32-2)15-24(20)33-3)18-10-12-29(13-11-18)26(31)23-14-19-6-4-5-7-22(19)28-23/h4-9,14-15,17-18,28H,10-13,16H2,1-3H3,(H,27,30)/t17-/m0/s1. The predicted molar refractivity (Wildman–Crippen MR) is 127 cm³/mol. The molecule has 1 saturated heterocycles. The number of benzene rings is 2. The molecule has 7 nitrogen and oxygen atoms in total. The van der Waals surface area contributed by atoms with Crippen molar-refractivity contribution in [3.63, 3.8) is 0 Å². The van der Waals surface area contributed by atoms with Gasteiger partial charge >= 0.3 is 0 Å². The average Bonchev–Trinajstić information content (AvgIpc) is 3.30. The van der Waals surface area contributed by atoms with E-state index >= 15 is 0 Å². The quantitative estimate of drug-likeness (QED) is 0.571. The summed E-state index contributed by atoms with van der Waals surface area (Å²) in [7, 11) is 3.21. The number of fused-ring (bicyclic) bond motifs is 1. The van der Waals surface area contributed by atoms with Crippen molar-refractivity contribution in [1.82, 2.24) is 15.2 Å². The number of hydrogen-bond acceptors (Lipinski definition) is 4. The highest BCUT2D eigenvalue weighted by molar-refractivity contribution is 5.98. The van der Waals surface area contributed by atoms with Crippen molar-refractivity contribution >= 4 is 22.7 Å². The van der Waals surface area contributed by atoms with E-state index in [9.17, 15) is 9.59 Å². The minimum atomic E-state index is -0.125. The fourth-order valence-corrected chi connectivity index (χ4v) is 4.52. The first-order chi connectivity index (χ1) is 16.0. The summed E-state index contributed by atoms with van der Waals surface area (Å²) in [5.41, 5.74) is 2.49. The van der Waals surface area contributed by atoms with Crippen LogP contribution in [-0.2, 0) is 11.3 Å². The topological polar surface area (TPSA) is 83.7 Å². The summed E-state index contributed by atoms with van der Waals surface area (Å²) >= 11 is 0. The lowest BCUT2D eigenvalue weighted by Gasteiger charge is -2.34. The van der Waals surface area contributed by atoms with E-state index in [1.165, 1.54) is 0 Å². The third-order valence-corrected chi connectivity index (χ3v) is 6.66. The summed E-state index contributed by atoms with van der Waals surface area (Å²) in [5.74, 6) is 1.56. The second-order valence-corrected chi connectivity index (χ2v) is 8.58. The van der Waals surface area contributed by atoms with Gasteiger partial charge in [-0.15, -0.1) is 0 Å². The van der Waals surface area contributed by atoms with Gasteiger partial charge in [0.1, 0.15) is 17.2 Å². The Labute approximate surface area is 194 Å². The number of para-hydroxylation sites is 1. The molecule has 1 atom stereocenters. The van der Waals surface area contributed by atoms with Gasteiger partial charge in [0.15, 0.2) is 0 Å². The van der Waals surface area contributed by atoms with Gasteiger partial charge in [0.05, 0.1) is 14.2 Å². The molecule has 2 heterocycles. The second-order valence-electron chi connectivity index (χ2n) is 8.58. The SMILES string of the molecule is COc1ccc(CNC(=O)[C@@H](C)C2CCN(C(=O)c3cc4ccccc4[nH]3)CC2)c(OC)c1. The van der Waals surface area contributed by atoms with Crippen LogP contribution in [0.25, 0.3) is 10.9 Å². The Morgan fingerprint density at radius 1 is 1.09 bits per heavy atom. The summed E-state index contributed by atoms with van der Waals surface area (Å²) in [5, 5.41) is 4.07. The zero-order valence-electron chi connectivity index (χ0n) is 19.4. The molecule has 0 spiro atoms. The maximum absolute atomic E-state index is 12.9. The number of rotatable bonds is 7. The number of hydrogen-bond donors (Lipinski definition) is 2. The Morgan fingerprint density at radius 3 is 2.55 bits per heavy atom. The Bertz CT molecular complexity index is 1100. The first-order valence-electron chi connectivity index (χ1n) is 11.4. The second kappa shape index (κ2) is 9.98. The van der Waals surface area contributed by atoms with Gasteiger partial charge in [-0.05, 0) is 43.0 Å². The highest BCUT2D eigenvalue weighted by Gasteiger charge is 2.30. The molecule has 0 aliphatic carbocycles. The van der Waals surface area contributed by atoms with Gasteiger partial charge in [0.25, 0.3) is 5.91 Å². The van der Waals surface area contributed by atoms with Gasteiger partial charge in [0, 0.05) is 48.1 Å². The lowest BCUT2D eigenvalue weighted by molar-refractivity contribution is -0.126. The van der Waals surface area contributed by atoms with Gasteiger partial charge in [-0.1, -0.05) is 25.1 Å². The molecule has 4 rings (SSSR count). The van der Waals surface area contributed by atoms with Gasteiger partial charge in [-0.25, -0.2) is 0 Å². The Morgan fingerprint density at radius 2 is 1.85 bits per heavy atom. The number of aromatic nitrogens is 1. The van der Waals surface area contributed by atoms with Crippen LogP contribution < -0.4 is 14.8 Å². The molecule has 33 heavy (non-hydrogen) atoms. The summed E-state index contributed by atoms with van der Waals surface area (Å²) in [6, 6.07) is 15.4. The summed E-state index contributed by atoms with van der Waals surface area (Å²) in [6.07, 6.45) is 1.62. The van der Waals surface area contributed by atoms with Crippen LogP contribution in [-0.4, -0.2) is 49.0 Å². The van der Waals surface area contributed by atoms with Crippen molar-refractivity contribution in [2.24, 2.45) is 11.8 Å². The molecule has 3 aromatic rings. The van der Waals surface area contributed by atoms with Crippen LogP contribution in [0.1, 0.15) is 35.8 Å². The zero-order chi connectivity index (χ0) is 23.4. The molecule has 2 amide bonds. The molecular weight excluding hydrogens is 418 g/mol. The Kier molecular flexibility index (Phi) is 6.87. The van der Waals surface area contributed by atoms with Gasteiger partial charge in [0.2, 0.25) is 5.91 Å². The molecule has 0 bridgehead atoms. The van der Waals surface area contributed by atoms with E-state index in [4.69, 9.17) is 9.47 Å². The van der Waals surface area contributed by atoms with Crippen molar-refractivity contribution in [2.45, 2.75) is 26.3 Å². The number of carbonyl (C=O) groups excluding carboxylic acids is 2. The summed E-state index contributed by atoms with van der Waals surface area (Å²) in [6.45, 7) is 3.68. The van der Waals surface area contributed by atoms with Crippen molar-refractivity contribution in [2.75, 3.05) is 27.3 Å². The molecule has 1 aliphatic heterocycles. The van der Waals surface area contributed by atoms with Gasteiger partial charge < -0.3 is 24.7 Å². The van der Waals surface area contributed by atoms with Crippen LogP contribution in [0, 0.1) is 11.8 Å². The molecule has 7 heteroatoms. The number of piperidine rings is 1. The van der Waals surface area contributed by atoms with E-state index in [1.807, 2.05) is 60.4 Å². The summed E-state index contributed by atoms with van der Waals surface area (Å²) in [4.78, 5) is 30.9. The zero-order valence-corrected chi connectivity index (χ0v) is 19.4. The van der Waals surface area contributed by atoms with Crippen LogP contribution in [0.15, 0.2) is 48.5 Å². The highest BCUT2D eigenvalue weighted by Crippen LogP contribution is 2.28. The molecule has 0 unspecified atom stereocenters. The molecular formula is C26H31N3O4. The molecule has 0 radical (unpaired) electrons. The smallest absolute Gasteiger partial charge is 0.270 e. The van der Waals surface area contributed by atoms with Crippen molar-refractivity contribution in [3.05, 3.63) is 59.8 Å². The molecule has 1 fully saturated rings. The number of likely N-dealkylation sites (tertiary alicyclic amines) is 1. The Balaban J connectivity index is 1.30. The number of ether oxygens (including phenoxy) is 2. The molecule has 1 aromatic heterocycles. The minimum Gasteiger partial charge on any atom is -0.497 e. The number of nitrogens with one attached hydrogen (secondary N) is 2. The van der Waals surface area contributed by atoms with Crippen LogP contribution in [0.3, 0.4) is 0 Å². The van der Waals surface area contributed by atoms with Crippen LogP contribution in [0.2, 0.25) is 0 Å². The monoisotopic (exact) mass is 449 g/mol. The van der Waals surface area contributed by atoms with Crippen molar-refractivity contribution < 1.29 is 19.1 Å². The van der Waals surface area contributed by atoms with Crippen molar-refractivity contribution in [1.29, 1.82) is 0 Å². The van der Waals surface area contributed by atoms with Crippen LogP contribution >= 0.6 is 0 Å². The normalized spacial score (nSPS) is 15.3. The third-order valence-electron chi connectivity index (χ3n) is 6.66. The number of nitrogens with zero attached hydrogens (tertiary/aromatic N) is 1. The number of aromatic amines is 1. The molecule has 174 valence electrons. The number of carbonyl (C=O) groups is 2.